The second kappa shape index (κ2) is 7.72. The number of hydrogen-bond donors (Lipinski definition) is 0. The molecule has 2 aliphatic rings. The lowest BCUT2D eigenvalue weighted by atomic mass is 9.91. The Balaban J connectivity index is 1.66. The molecule has 1 aliphatic carbocycles. The largest absolute Gasteiger partial charge is 0.493 e. The van der Waals surface area contributed by atoms with Crippen LogP contribution in [-0.2, 0) is 11.3 Å². The van der Waals surface area contributed by atoms with Gasteiger partial charge in [-0.2, -0.15) is 0 Å². The van der Waals surface area contributed by atoms with Gasteiger partial charge in [0.2, 0.25) is 5.95 Å². The first kappa shape index (κ1) is 19.6. The number of cyclic esters (lactones) is 1. The van der Waals surface area contributed by atoms with E-state index < -0.39 is 0 Å². The lowest BCUT2D eigenvalue weighted by Crippen LogP contribution is -2.30. The van der Waals surface area contributed by atoms with Gasteiger partial charge in [-0.3, -0.25) is 0 Å². The van der Waals surface area contributed by atoms with Gasteiger partial charge >= 0.3 is 5.97 Å². The van der Waals surface area contributed by atoms with Crippen LogP contribution in [0.15, 0.2) is 30.6 Å². The van der Waals surface area contributed by atoms with E-state index in [0.29, 0.717) is 29.1 Å². The number of esters is 1. The van der Waals surface area contributed by atoms with Gasteiger partial charge in [-0.15, -0.1) is 0 Å². The minimum Gasteiger partial charge on any atom is -0.493 e. The number of carbonyl (C=O) groups is 1. The van der Waals surface area contributed by atoms with E-state index in [2.05, 4.69) is 21.9 Å². The Hall–Kier alpha value is -3.35. The minimum atomic E-state index is -0.325. The average Bonchev–Trinajstić information content (AvgIpc) is 3.47. The van der Waals surface area contributed by atoms with Gasteiger partial charge < -0.3 is 19.1 Å². The lowest BCUT2D eigenvalue weighted by Gasteiger charge is -2.24. The monoisotopic (exact) mass is 419 g/mol. The zero-order chi connectivity index (χ0) is 21.5. The van der Waals surface area contributed by atoms with Crippen LogP contribution in [0.4, 0.5) is 5.95 Å². The zero-order valence-electron chi connectivity index (χ0n) is 18.0. The van der Waals surface area contributed by atoms with Crippen LogP contribution in [0.5, 0.6) is 11.5 Å². The molecule has 1 aromatic heterocycles. The van der Waals surface area contributed by atoms with Gasteiger partial charge in [0.25, 0.3) is 0 Å². The Kier molecular flexibility index (Phi) is 4.88. The highest BCUT2D eigenvalue weighted by Gasteiger charge is 2.29. The molecule has 2 heterocycles. The molecule has 0 spiro atoms. The maximum Gasteiger partial charge on any atom is 0.339 e. The van der Waals surface area contributed by atoms with E-state index in [1.807, 2.05) is 18.2 Å². The number of anilines is 1. The summed E-state index contributed by atoms with van der Waals surface area (Å²) in [5, 5.41) is 1.81. The number of carbonyl (C=O) groups excluding carboxylic acids is 1. The minimum absolute atomic E-state index is 0.259. The number of nitrogens with zero attached hydrogens (tertiary/aromatic N) is 3. The molecule has 0 atom stereocenters. The van der Waals surface area contributed by atoms with Crippen LogP contribution in [0.1, 0.15) is 41.6 Å². The second-order valence-electron chi connectivity index (χ2n) is 8.11. The molecule has 1 fully saturated rings. The van der Waals surface area contributed by atoms with Crippen molar-refractivity contribution in [1.82, 2.24) is 9.97 Å². The normalized spacial score (nSPS) is 15.8. The SMILES string of the molecule is COc1cc2cc3c(c(-c4cnc(N(C)C5CCCC5)nc4)c2cc1OC)C(=O)OC3. The zero-order valence-corrected chi connectivity index (χ0v) is 18.0. The molecule has 7 nitrogen and oxygen atoms in total. The van der Waals surface area contributed by atoms with Crippen molar-refractivity contribution in [2.45, 2.75) is 38.3 Å². The molecular formula is C24H25N3O4. The molecule has 1 saturated carbocycles. The fraction of sp³-hybridized carbons (Fsp3) is 0.375. The van der Waals surface area contributed by atoms with Gasteiger partial charge in [-0.05, 0) is 41.8 Å². The van der Waals surface area contributed by atoms with Gasteiger partial charge in [0.05, 0.1) is 19.8 Å². The van der Waals surface area contributed by atoms with E-state index in [9.17, 15) is 4.79 Å². The van der Waals surface area contributed by atoms with Crippen LogP contribution in [0.25, 0.3) is 21.9 Å². The summed E-state index contributed by atoms with van der Waals surface area (Å²) in [4.78, 5) is 24.0. The molecule has 5 rings (SSSR count). The molecule has 31 heavy (non-hydrogen) atoms. The Labute approximate surface area is 181 Å². The molecule has 0 N–H and O–H groups in total. The number of aromatic nitrogens is 2. The number of hydrogen-bond acceptors (Lipinski definition) is 7. The molecule has 0 radical (unpaired) electrons. The van der Waals surface area contributed by atoms with E-state index in [1.54, 1.807) is 26.6 Å². The van der Waals surface area contributed by atoms with Crippen LogP contribution < -0.4 is 14.4 Å². The van der Waals surface area contributed by atoms with Crippen molar-refractivity contribution in [3.8, 4) is 22.6 Å². The van der Waals surface area contributed by atoms with Gasteiger partial charge in [0.15, 0.2) is 11.5 Å². The van der Waals surface area contributed by atoms with Gasteiger partial charge in [-0.1, -0.05) is 12.8 Å². The van der Waals surface area contributed by atoms with Gasteiger partial charge in [0, 0.05) is 42.2 Å². The second-order valence-corrected chi connectivity index (χ2v) is 8.11. The van der Waals surface area contributed by atoms with Crippen molar-refractivity contribution in [3.63, 3.8) is 0 Å². The number of fused-ring (bicyclic) bond motifs is 2. The number of benzene rings is 2. The third-order valence-corrected chi connectivity index (χ3v) is 6.40. The predicted molar refractivity (Wildman–Crippen MR) is 118 cm³/mol. The molecule has 7 heteroatoms. The van der Waals surface area contributed by atoms with E-state index in [0.717, 1.165) is 27.5 Å². The Morgan fingerprint density at radius 3 is 2.35 bits per heavy atom. The molecule has 0 bridgehead atoms. The quantitative estimate of drug-likeness (QED) is 0.569. The predicted octanol–water partition coefficient (Wildman–Crippen LogP) is 4.36. The first-order chi connectivity index (χ1) is 15.1. The molecule has 1 aliphatic heterocycles. The third kappa shape index (κ3) is 3.24. The maximum absolute atomic E-state index is 12.6. The Morgan fingerprint density at radius 2 is 1.68 bits per heavy atom. The molecule has 160 valence electrons. The fourth-order valence-corrected chi connectivity index (χ4v) is 4.74. The summed E-state index contributed by atoms with van der Waals surface area (Å²) in [5.41, 5.74) is 2.97. The van der Waals surface area contributed by atoms with Crippen molar-refractivity contribution in [3.05, 3.63) is 41.7 Å². The highest BCUT2D eigenvalue weighted by atomic mass is 16.5. The summed E-state index contributed by atoms with van der Waals surface area (Å²) in [7, 11) is 5.26. The topological polar surface area (TPSA) is 73.8 Å². The van der Waals surface area contributed by atoms with Crippen LogP contribution in [-0.4, -0.2) is 43.2 Å². The molecular weight excluding hydrogens is 394 g/mol. The van der Waals surface area contributed by atoms with Crippen molar-refractivity contribution >= 4 is 22.7 Å². The first-order valence-electron chi connectivity index (χ1n) is 10.5. The number of rotatable bonds is 5. The van der Waals surface area contributed by atoms with Crippen LogP contribution in [0, 0.1) is 0 Å². The third-order valence-electron chi connectivity index (χ3n) is 6.40. The highest BCUT2D eigenvalue weighted by molar-refractivity contribution is 6.11. The van der Waals surface area contributed by atoms with E-state index in [1.165, 1.54) is 25.7 Å². The van der Waals surface area contributed by atoms with E-state index in [-0.39, 0.29) is 12.6 Å². The number of ether oxygens (including phenoxy) is 3. The Morgan fingerprint density at radius 1 is 1.00 bits per heavy atom. The van der Waals surface area contributed by atoms with Crippen LogP contribution in [0.3, 0.4) is 0 Å². The lowest BCUT2D eigenvalue weighted by molar-refractivity contribution is 0.0535. The summed E-state index contributed by atoms with van der Waals surface area (Å²) in [6, 6.07) is 6.28. The average molecular weight is 419 g/mol. The van der Waals surface area contributed by atoms with Crippen molar-refractivity contribution in [2.24, 2.45) is 0 Å². The summed E-state index contributed by atoms with van der Waals surface area (Å²) in [6.45, 7) is 0.259. The maximum atomic E-state index is 12.6. The fourth-order valence-electron chi connectivity index (χ4n) is 4.74. The van der Waals surface area contributed by atoms with Crippen LogP contribution in [0.2, 0.25) is 0 Å². The highest BCUT2D eigenvalue weighted by Crippen LogP contribution is 2.42. The van der Waals surface area contributed by atoms with Crippen LogP contribution >= 0.6 is 0 Å². The molecule has 0 unspecified atom stereocenters. The van der Waals surface area contributed by atoms with Crippen molar-refractivity contribution in [1.29, 1.82) is 0 Å². The molecule has 0 amide bonds. The number of methoxy groups -OCH3 is 2. The molecule has 2 aromatic carbocycles. The van der Waals surface area contributed by atoms with E-state index >= 15 is 0 Å². The molecule has 3 aromatic rings. The summed E-state index contributed by atoms with van der Waals surface area (Å²) < 4.78 is 16.3. The smallest absolute Gasteiger partial charge is 0.339 e. The van der Waals surface area contributed by atoms with Gasteiger partial charge in [0.1, 0.15) is 6.61 Å². The standard InChI is InChI=1S/C24H25N3O4/c1-27(17-6-4-5-7-17)24-25-11-16(12-26-24)21-18-10-20(30-3)19(29-2)9-14(18)8-15-13-31-23(28)22(15)21/h8-12,17H,4-7,13H2,1-3H3. The summed E-state index contributed by atoms with van der Waals surface area (Å²) in [6.07, 6.45) is 8.44. The van der Waals surface area contributed by atoms with E-state index in [4.69, 9.17) is 14.2 Å². The van der Waals surface area contributed by atoms with Crippen molar-refractivity contribution in [2.75, 3.05) is 26.2 Å². The van der Waals surface area contributed by atoms with Gasteiger partial charge in [-0.25, -0.2) is 14.8 Å². The Bertz CT molecular complexity index is 1150. The summed E-state index contributed by atoms with van der Waals surface area (Å²) in [5.74, 6) is 1.61. The summed E-state index contributed by atoms with van der Waals surface area (Å²) >= 11 is 0. The first-order valence-corrected chi connectivity index (χ1v) is 10.5. The molecule has 0 saturated heterocycles. The van der Waals surface area contributed by atoms with Crippen molar-refractivity contribution < 1.29 is 19.0 Å².